The molecule has 0 aliphatic carbocycles. The quantitative estimate of drug-likeness (QED) is 0.0673. The van der Waals surface area contributed by atoms with Gasteiger partial charge in [0, 0.05) is 16.5 Å². The molecule has 0 saturated heterocycles. The molecule has 0 unspecified atom stereocenters. The number of alkyl halides is 3. The second kappa shape index (κ2) is 13.2. The molecular weight excluding hydrogens is 572 g/mol. The van der Waals surface area contributed by atoms with Crippen LogP contribution in [0.2, 0.25) is 0 Å². The van der Waals surface area contributed by atoms with Gasteiger partial charge in [-0.3, -0.25) is 0 Å². The van der Waals surface area contributed by atoms with Gasteiger partial charge in [-0.05, 0) is 86.3 Å². The monoisotopic (exact) mass is 597 g/mol. The zero-order valence-corrected chi connectivity index (χ0v) is 23.7. The molecule has 0 atom stereocenters. The van der Waals surface area contributed by atoms with E-state index < -0.39 is 40.4 Å². The van der Waals surface area contributed by atoms with E-state index in [0.29, 0.717) is 5.56 Å². The lowest BCUT2D eigenvalue weighted by atomic mass is 10.1. The molecule has 210 valence electrons. The molecule has 0 saturated carbocycles. The zero-order chi connectivity index (χ0) is 29.5. The third kappa shape index (κ3) is 9.07. The molecule has 0 radical (unpaired) electrons. The molecular formula is C32H25F4O3S2+. The molecule has 0 aliphatic heterocycles. The number of carbonyl (C=O) groups is 1. The molecule has 4 rings (SSSR count). The fourth-order valence-electron chi connectivity index (χ4n) is 3.69. The Bertz CT molecular complexity index is 1490. The van der Waals surface area contributed by atoms with Crippen LogP contribution in [-0.4, -0.2) is 23.7 Å². The summed E-state index contributed by atoms with van der Waals surface area (Å²) in [5.74, 6) is 4.13. The average molecular weight is 598 g/mol. The first-order valence-electron chi connectivity index (χ1n) is 12.4. The zero-order valence-electron chi connectivity index (χ0n) is 22.1. The van der Waals surface area contributed by atoms with Crippen molar-refractivity contribution < 1.29 is 31.8 Å². The number of rotatable bonds is 8. The largest absolute Gasteiger partial charge is 0.479 e. The third-order valence-electron chi connectivity index (χ3n) is 5.41. The van der Waals surface area contributed by atoms with E-state index >= 15 is 4.39 Å². The van der Waals surface area contributed by atoms with Gasteiger partial charge in [-0.1, -0.05) is 48.2 Å². The molecule has 3 nitrogen and oxygen atoms in total. The summed E-state index contributed by atoms with van der Waals surface area (Å²) in [5.41, 5.74) is -5.13. The van der Waals surface area contributed by atoms with Gasteiger partial charge in [0.05, 0.1) is 10.9 Å². The van der Waals surface area contributed by atoms with Gasteiger partial charge < -0.3 is 9.47 Å². The van der Waals surface area contributed by atoms with Crippen LogP contribution in [0.5, 0.6) is 5.75 Å². The molecule has 0 heterocycles. The maximum absolute atomic E-state index is 15.1. The molecule has 0 aromatic heterocycles. The highest BCUT2D eigenvalue weighted by atomic mass is 32.2. The summed E-state index contributed by atoms with van der Waals surface area (Å²) in [4.78, 5) is 15.3. The molecule has 41 heavy (non-hydrogen) atoms. The van der Waals surface area contributed by atoms with Gasteiger partial charge >= 0.3 is 11.5 Å². The van der Waals surface area contributed by atoms with E-state index in [9.17, 15) is 18.0 Å². The van der Waals surface area contributed by atoms with Crippen molar-refractivity contribution >= 4 is 28.6 Å². The summed E-state index contributed by atoms with van der Waals surface area (Å²) in [7, 11) is -0.537. The normalized spacial score (nSPS) is 11.5. The van der Waals surface area contributed by atoms with Crippen molar-refractivity contribution in [2.45, 2.75) is 44.5 Å². The summed E-state index contributed by atoms with van der Waals surface area (Å²) in [6.45, 7) is 2.60. The van der Waals surface area contributed by atoms with Crippen molar-refractivity contribution in [3.8, 4) is 17.6 Å². The predicted octanol–water partition coefficient (Wildman–Crippen LogP) is 8.29. The number of halogens is 4. The van der Waals surface area contributed by atoms with Crippen LogP contribution >= 0.6 is 11.8 Å². The topological polar surface area (TPSA) is 35.5 Å². The van der Waals surface area contributed by atoms with Gasteiger partial charge in [-0.15, -0.1) is 0 Å². The second-order valence-corrected chi connectivity index (χ2v) is 12.3. The lowest BCUT2D eigenvalue weighted by molar-refractivity contribution is -0.154. The van der Waals surface area contributed by atoms with Crippen molar-refractivity contribution in [3.05, 3.63) is 115 Å². The highest BCUT2D eigenvalue weighted by molar-refractivity contribution is 8.00. The Morgan fingerprint density at radius 2 is 1.41 bits per heavy atom. The van der Waals surface area contributed by atoms with Crippen molar-refractivity contribution in [3.63, 3.8) is 0 Å². The van der Waals surface area contributed by atoms with E-state index in [2.05, 4.69) is 11.8 Å². The van der Waals surface area contributed by atoms with Crippen LogP contribution in [0.4, 0.5) is 17.6 Å². The number of thioether (sulfide) groups is 1. The number of benzene rings is 4. The Labute approximate surface area is 243 Å². The SMILES string of the molecule is CC(C)(C#Cc1ccc(SC(F)(F)F)cc1)OC(=O)COc1ccc([S+](c2ccccc2)c2ccccc2)cc1F. The molecule has 0 fully saturated rings. The van der Waals surface area contributed by atoms with Crippen LogP contribution in [0.1, 0.15) is 19.4 Å². The molecule has 0 amide bonds. The number of esters is 1. The van der Waals surface area contributed by atoms with E-state index in [1.165, 1.54) is 36.4 Å². The predicted molar refractivity (Wildman–Crippen MR) is 152 cm³/mol. The Balaban J connectivity index is 1.39. The average Bonchev–Trinajstić information content (AvgIpc) is 2.92. The van der Waals surface area contributed by atoms with Crippen molar-refractivity contribution in [2.24, 2.45) is 0 Å². The van der Waals surface area contributed by atoms with Crippen LogP contribution in [0.25, 0.3) is 0 Å². The molecule has 0 bridgehead atoms. The lowest BCUT2D eigenvalue weighted by Gasteiger charge is -2.19. The minimum atomic E-state index is -4.37. The Morgan fingerprint density at radius 1 is 0.829 bits per heavy atom. The van der Waals surface area contributed by atoms with Gasteiger partial charge in [-0.25, -0.2) is 9.18 Å². The van der Waals surface area contributed by atoms with Crippen LogP contribution in [0.15, 0.2) is 123 Å². The van der Waals surface area contributed by atoms with Gasteiger partial charge in [0.15, 0.2) is 38.5 Å². The summed E-state index contributed by atoms with van der Waals surface area (Å²) >= 11 is -0.212. The van der Waals surface area contributed by atoms with Gasteiger partial charge in [-0.2, -0.15) is 13.2 Å². The number of ether oxygens (including phenoxy) is 2. The number of carbonyl (C=O) groups excluding carboxylic acids is 1. The minimum absolute atomic E-state index is 0.0438. The first kappa shape index (κ1) is 30.1. The Morgan fingerprint density at radius 3 is 1.95 bits per heavy atom. The van der Waals surface area contributed by atoms with E-state index in [1.54, 1.807) is 19.9 Å². The van der Waals surface area contributed by atoms with Crippen LogP contribution in [-0.2, 0) is 20.4 Å². The maximum Gasteiger partial charge on any atom is 0.446 e. The van der Waals surface area contributed by atoms with E-state index in [1.807, 2.05) is 60.7 Å². The number of hydrogen-bond acceptors (Lipinski definition) is 4. The summed E-state index contributed by atoms with van der Waals surface area (Å²) < 4.78 is 63.4. The molecule has 4 aromatic rings. The second-order valence-electron chi connectivity index (χ2n) is 9.12. The first-order chi connectivity index (χ1) is 19.5. The fourth-order valence-corrected chi connectivity index (χ4v) is 6.33. The highest BCUT2D eigenvalue weighted by Gasteiger charge is 2.30. The van der Waals surface area contributed by atoms with E-state index in [4.69, 9.17) is 9.47 Å². The number of hydrogen-bond donors (Lipinski definition) is 0. The standard InChI is InChI=1S/C32H25F4O3S2/c1-31(2,20-19-23-13-15-24(16-14-23)40-32(34,35)36)39-30(37)22-38-29-18-17-27(21-28(29)33)41(25-9-5-3-6-10-25)26-11-7-4-8-12-26/h3-18,21H,22H2,1-2H3/q+1. The van der Waals surface area contributed by atoms with E-state index in [0.717, 1.165) is 14.7 Å². The third-order valence-corrected chi connectivity index (χ3v) is 8.36. The summed E-state index contributed by atoms with van der Waals surface area (Å²) in [5, 5.41) is 0. The molecule has 0 spiro atoms. The lowest BCUT2D eigenvalue weighted by Crippen LogP contribution is -2.29. The van der Waals surface area contributed by atoms with Crippen molar-refractivity contribution in [1.82, 2.24) is 0 Å². The van der Waals surface area contributed by atoms with Crippen molar-refractivity contribution in [2.75, 3.05) is 6.61 Å². The highest BCUT2D eigenvalue weighted by Crippen LogP contribution is 2.37. The van der Waals surface area contributed by atoms with Crippen molar-refractivity contribution in [1.29, 1.82) is 0 Å². The summed E-state index contributed by atoms with van der Waals surface area (Å²) in [6.07, 6.45) is 0. The minimum Gasteiger partial charge on any atom is -0.479 e. The molecule has 0 aliphatic rings. The van der Waals surface area contributed by atoms with Crippen LogP contribution in [0, 0.1) is 17.7 Å². The van der Waals surface area contributed by atoms with Gasteiger partial charge in [0.25, 0.3) is 0 Å². The maximum atomic E-state index is 15.1. The fraction of sp³-hybridized carbons (Fsp3) is 0.156. The molecule has 0 N–H and O–H groups in total. The smallest absolute Gasteiger partial charge is 0.446 e. The Hall–Kier alpha value is -3.87. The van der Waals surface area contributed by atoms with Crippen LogP contribution in [0.3, 0.4) is 0 Å². The Kier molecular flexibility index (Phi) is 9.69. The first-order valence-corrected chi connectivity index (χ1v) is 14.4. The van der Waals surface area contributed by atoms with Gasteiger partial charge in [0.1, 0.15) is 0 Å². The van der Waals surface area contributed by atoms with E-state index in [-0.39, 0.29) is 22.4 Å². The molecule has 9 heteroatoms. The summed E-state index contributed by atoms with van der Waals surface area (Å²) in [6, 6.07) is 29.9. The van der Waals surface area contributed by atoms with Crippen LogP contribution < -0.4 is 4.74 Å². The van der Waals surface area contributed by atoms with Gasteiger partial charge in [0.2, 0.25) is 0 Å². The molecule has 4 aromatic carbocycles.